The predicted molar refractivity (Wildman–Crippen MR) is 69.5 cm³/mol. The van der Waals surface area contributed by atoms with Crippen LogP contribution in [0.15, 0.2) is 24.3 Å². The van der Waals surface area contributed by atoms with Gasteiger partial charge in [0.15, 0.2) is 5.11 Å². The minimum atomic E-state index is -0.0894. The molecule has 0 unspecified atom stereocenters. The number of carbonyl (C=O) groups excluding carboxylic acids is 1. The van der Waals surface area contributed by atoms with Gasteiger partial charge in [-0.2, -0.15) is 0 Å². The second-order valence-corrected chi connectivity index (χ2v) is 3.77. The second kappa shape index (κ2) is 6.07. The number of hydrogen-bond donors (Lipinski definition) is 3. The number of rotatable bonds is 4. The Hall–Kier alpha value is -1.62. The second-order valence-electron chi connectivity index (χ2n) is 3.33. The normalized spacial score (nSPS) is 9.56. The van der Waals surface area contributed by atoms with Crippen LogP contribution in [-0.4, -0.2) is 17.6 Å². The Morgan fingerprint density at radius 2 is 2.25 bits per heavy atom. The van der Waals surface area contributed by atoms with E-state index >= 15 is 0 Å². The molecule has 0 fully saturated rings. The van der Waals surface area contributed by atoms with Crippen molar-refractivity contribution >= 4 is 28.9 Å². The van der Waals surface area contributed by atoms with Crippen molar-refractivity contribution in [3.8, 4) is 0 Å². The summed E-state index contributed by atoms with van der Waals surface area (Å²) >= 11 is 4.72. The Morgan fingerprint density at radius 3 is 2.88 bits per heavy atom. The third kappa shape index (κ3) is 3.86. The lowest BCUT2D eigenvalue weighted by Crippen LogP contribution is -2.24. The molecular weight excluding hydrogens is 222 g/mol. The SMILES string of the molecule is CCCNC(=O)c1cccc(NC(N)=S)c1. The molecule has 5 heteroatoms. The topological polar surface area (TPSA) is 67.2 Å². The molecule has 0 spiro atoms. The van der Waals surface area contributed by atoms with E-state index in [2.05, 4.69) is 10.6 Å². The minimum Gasteiger partial charge on any atom is -0.376 e. The van der Waals surface area contributed by atoms with Gasteiger partial charge in [-0.15, -0.1) is 0 Å². The van der Waals surface area contributed by atoms with E-state index in [0.29, 0.717) is 12.1 Å². The number of anilines is 1. The van der Waals surface area contributed by atoms with Crippen LogP contribution >= 0.6 is 12.2 Å². The number of carbonyl (C=O) groups is 1. The number of nitrogens with two attached hydrogens (primary N) is 1. The van der Waals surface area contributed by atoms with Gasteiger partial charge in [0.05, 0.1) is 0 Å². The van der Waals surface area contributed by atoms with Gasteiger partial charge in [-0.3, -0.25) is 4.79 Å². The third-order valence-electron chi connectivity index (χ3n) is 1.93. The molecular formula is C11H15N3OS. The number of nitrogens with one attached hydrogen (secondary N) is 2. The summed E-state index contributed by atoms with van der Waals surface area (Å²) < 4.78 is 0. The molecule has 0 saturated heterocycles. The van der Waals surface area contributed by atoms with Gasteiger partial charge in [0, 0.05) is 17.8 Å². The molecule has 0 aliphatic heterocycles. The lowest BCUT2D eigenvalue weighted by Gasteiger charge is -2.07. The van der Waals surface area contributed by atoms with Crippen LogP contribution in [0.1, 0.15) is 23.7 Å². The zero-order valence-corrected chi connectivity index (χ0v) is 9.93. The predicted octanol–water partition coefficient (Wildman–Crippen LogP) is 1.48. The van der Waals surface area contributed by atoms with E-state index in [-0.39, 0.29) is 11.0 Å². The maximum atomic E-state index is 11.6. The average Bonchev–Trinajstić information content (AvgIpc) is 2.25. The molecule has 0 aliphatic rings. The quantitative estimate of drug-likeness (QED) is 0.694. The van der Waals surface area contributed by atoms with Crippen molar-refractivity contribution in [1.82, 2.24) is 5.32 Å². The van der Waals surface area contributed by atoms with Crippen LogP contribution in [0.25, 0.3) is 0 Å². The summed E-state index contributed by atoms with van der Waals surface area (Å²) in [6.45, 7) is 2.68. The first kappa shape index (κ1) is 12.4. The highest BCUT2D eigenvalue weighted by Gasteiger charge is 2.04. The van der Waals surface area contributed by atoms with Gasteiger partial charge >= 0.3 is 0 Å². The monoisotopic (exact) mass is 237 g/mol. The lowest BCUT2D eigenvalue weighted by molar-refractivity contribution is 0.0953. The van der Waals surface area contributed by atoms with Crippen molar-refractivity contribution in [3.63, 3.8) is 0 Å². The Morgan fingerprint density at radius 1 is 1.50 bits per heavy atom. The maximum absolute atomic E-state index is 11.6. The summed E-state index contributed by atoms with van der Waals surface area (Å²) in [6.07, 6.45) is 0.913. The molecule has 1 aromatic carbocycles. The van der Waals surface area contributed by atoms with E-state index in [1.165, 1.54) is 0 Å². The van der Waals surface area contributed by atoms with Crippen LogP contribution in [0.2, 0.25) is 0 Å². The molecule has 4 N–H and O–H groups in total. The summed E-state index contributed by atoms with van der Waals surface area (Å²) in [6, 6.07) is 7.04. The summed E-state index contributed by atoms with van der Waals surface area (Å²) in [4.78, 5) is 11.6. The van der Waals surface area contributed by atoms with Crippen molar-refractivity contribution < 1.29 is 4.79 Å². The van der Waals surface area contributed by atoms with Crippen LogP contribution in [0.3, 0.4) is 0 Å². The molecule has 4 nitrogen and oxygen atoms in total. The van der Waals surface area contributed by atoms with E-state index in [9.17, 15) is 4.79 Å². The number of thiocarbonyl (C=S) groups is 1. The van der Waals surface area contributed by atoms with Gasteiger partial charge in [-0.05, 0) is 36.8 Å². The van der Waals surface area contributed by atoms with Gasteiger partial charge in [0.1, 0.15) is 0 Å². The van der Waals surface area contributed by atoms with Crippen molar-refractivity contribution in [2.75, 3.05) is 11.9 Å². The van der Waals surface area contributed by atoms with Crippen molar-refractivity contribution in [2.45, 2.75) is 13.3 Å². The number of benzene rings is 1. The standard InChI is InChI=1S/C11H15N3OS/c1-2-6-13-10(15)8-4-3-5-9(7-8)14-11(12)16/h3-5,7H,2,6H2,1H3,(H,13,15)(H3,12,14,16). The van der Waals surface area contributed by atoms with Gasteiger partial charge in [0.25, 0.3) is 5.91 Å². The Balaban J connectivity index is 2.73. The molecule has 1 rings (SSSR count). The molecule has 0 atom stereocenters. The first-order valence-corrected chi connectivity index (χ1v) is 5.49. The summed E-state index contributed by atoms with van der Waals surface area (Å²) in [5.74, 6) is -0.0894. The number of amides is 1. The molecule has 0 radical (unpaired) electrons. The van der Waals surface area contributed by atoms with E-state index < -0.39 is 0 Å². The van der Waals surface area contributed by atoms with Crippen LogP contribution in [0, 0.1) is 0 Å². The fraction of sp³-hybridized carbons (Fsp3) is 0.273. The van der Waals surface area contributed by atoms with Crippen molar-refractivity contribution in [3.05, 3.63) is 29.8 Å². The smallest absolute Gasteiger partial charge is 0.251 e. The molecule has 0 saturated carbocycles. The minimum absolute atomic E-state index is 0.0894. The van der Waals surface area contributed by atoms with E-state index in [1.807, 2.05) is 6.92 Å². The highest BCUT2D eigenvalue weighted by Crippen LogP contribution is 2.10. The maximum Gasteiger partial charge on any atom is 0.251 e. The van der Waals surface area contributed by atoms with Crippen LogP contribution < -0.4 is 16.4 Å². The van der Waals surface area contributed by atoms with Crippen LogP contribution in [0.5, 0.6) is 0 Å². The molecule has 0 aliphatic carbocycles. The number of hydrogen-bond acceptors (Lipinski definition) is 2. The summed E-state index contributed by atoms with van der Waals surface area (Å²) in [5.41, 5.74) is 6.66. The first-order valence-electron chi connectivity index (χ1n) is 5.08. The van der Waals surface area contributed by atoms with Gasteiger partial charge in [0.2, 0.25) is 0 Å². The molecule has 86 valence electrons. The largest absolute Gasteiger partial charge is 0.376 e. The fourth-order valence-electron chi connectivity index (χ4n) is 1.22. The van der Waals surface area contributed by atoms with E-state index in [4.69, 9.17) is 18.0 Å². The zero-order chi connectivity index (χ0) is 12.0. The lowest BCUT2D eigenvalue weighted by atomic mass is 10.2. The van der Waals surface area contributed by atoms with Crippen LogP contribution in [-0.2, 0) is 0 Å². The molecule has 0 heterocycles. The van der Waals surface area contributed by atoms with E-state index in [0.717, 1.165) is 12.1 Å². The summed E-state index contributed by atoms with van der Waals surface area (Å²) in [5, 5.41) is 5.77. The van der Waals surface area contributed by atoms with Crippen molar-refractivity contribution in [1.29, 1.82) is 0 Å². The summed E-state index contributed by atoms with van der Waals surface area (Å²) in [7, 11) is 0. The highest BCUT2D eigenvalue weighted by molar-refractivity contribution is 7.80. The van der Waals surface area contributed by atoms with Gasteiger partial charge in [-0.25, -0.2) is 0 Å². The van der Waals surface area contributed by atoms with E-state index in [1.54, 1.807) is 24.3 Å². The Labute approximate surface area is 100 Å². The van der Waals surface area contributed by atoms with Gasteiger partial charge < -0.3 is 16.4 Å². The molecule has 16 heavy (non-hydrogen) atoms. The average molecular weight is 237 g/mol. The Bertz CT molecular complexity index is 393. The molecule has 1 aromatic rings. The van der Waals surface area contributed by atoms with Crippen molar-refractivity contribution in [2.24, 2.45) is 5.73 Å². The third-order valence-corrected chi connectivity index (χ3v) is 2.03. The zero-order valence-electron chi connectivity index (χ0n) is 9.12. The first-order chi connectivity index (χ1) is 7.63. The molecule has 0 aromatic heterocycles. The van der Waals surface area contributed by atoms with Crippen LogP contribution in [0.4, 0.5) is 5.69 Å². The fourth-order valence-corrected chi connectivity index (χ4v) is 1.34. The molecule has 1 amide bonds. The molecule has 0 bridgehead atoms. The Kier molecular flexibility index (Phi) is 4.72. The van der Waals surface area contributed by atoms with Gasteiger partial charge in [-0.1, -0.05) is 13.0 Å². The highest BCUT2D eigenvalue weighted by atomic mass is 32.1.